The van der Waals surface area contributed by atoms with Crippen molar-refractivity contribution in [2.45, 2.75) is 6.42 Å². The van der Waals surface area contributed by atoms with Crippen molar-refractivity contribution < 1.29 is 0 Å². The number of nitriles is 1. The van der Waals surface area contributed by atoms with E-state index in [4.69, 9.17) is 11.0 Å². The average molecular weight is 213 g/mol. The van der Waals surface area contributed by atoms with E-state index in [2.05, 4.69) is 17.0 Å². The van der Waals surface area contributed by atoms with Crippen molar-refractivity contribution in [3.63, 3.8) is 0 Å². The fraction of sp³-hybridized carbons (Fsp3) is 0.308. The van der Waals surface area contributed by atoms with Crippen LogP contribution >= 0.6 is 0 Å². The van der Waals surface area contributed by atoms with E-state index in [1.165, 1.54) is 11.3 Å². The Morgan fingerprint density at radius 1 is 1.31 bits per heavy atom. The van der Waals surface area contributed by atoms with Crippen molar-refractivity contribution in [1.82, 2.24) is 0 Å². The van der Waals surface area contributed by atoms with E-state index >= 15 is 0 Å². The van der Waals surface area contributed by atoms with Gasteiger partial charge >= 0.3 is 0 Å². The SMILES string of the molecule is N#Cc1ccc(N2CC=C(CN)CC2)cc1. The van der Waals surface area contributed by atoms with Gasteiger partial charge in [0.1, 0.15) is 0 Å². The van der Waals surface area contributed by atoms with Crippen LogP contribution in [0.2, 0.25) is 0 Å². The van der Waals surface area contributed by atoms with E-state index < -0.39 is 0 Å². The first-order valence-corrected chi connectivity index (χ1v) is 5.46. The molecule has 82 valence electrons. The quantitative estimate of drug-likeness (QED) is 0.760. The highest BCUT2D eigenvalue weighted by atomic mass is 15.1. The molecule has 0 saturated carbocycles. The number of hydrogen-bond acceptors (Lipinski definition) is 3. The Morgan fingerprint density at radius 3 is 2.56 bits per heavy atom. The summed E-state index contributed by atoms with van der Waals surface area (Å²) in [6.45, 7) is 2.59. The second-order valence-corrected chi connectivity index (χ2v) is 3.92. The summed E-state index contributed by atoms with van der Waals surface area (Å²) in [5.41, 5.74) is 8.82. The van der Waals surface area contributed by atoms with Crippen LogP contribution in [-0.4, -0.2) is 19.6 Å². The Labute approximate surface area is 95.8 Å². The largest absolute Gasteiger partial charge is 0.367 e. The number of anilines is 1. The summed E-state index contributed by atoms with van der Waals surface area (Å²) in [7, 11) is 0. The number of benzene rings is 1. The molecule has 2 rings (SSSR count). The van der Waals surface area contributed by atoms with Gasteiger partial charge in [-0.15, -0.1) is 0 Å². The Bertz CT molecular complexity index is 425. The lowest BCUT2D eigenvalue weighted by Crippen LogP contribution is -2.29. The van der Waals surface area contributed by atoms with Crippen molar-refractivity contribution in [2.24, 2.45) is 5.73 Å². The molecule has 0 spiro atoms. The van der Waals surface area contributed by atoms with Crippen LogP contribution in [0.5, 0.6) is 0 Å². The molecular weight excluding hydrogens is 198 g/mol. The van der Waals surface area contributed by atoms with Gasteiger partial charge < -0.3 is 10.6 Å². The Morgan fingerprint density at radius 2 is 2.06 bits per heavy atom. The lowest BCUT2D eigenvalue weighted by Gasteiger charge is -2.28. The summed E-state index contributed by atoms with van der Waals surface area (Å²) in [5, 5.41) is 8.72. The molecule has 0 unspecified atom stereocenters. The molecule has 0 saturated heterocycles. The topological polar surface area (TPSA) is 53.0 Å². The van der Waals surface area contributed by atoms with E-state index in [-0.39, 0.29) is 0 Å². The van der Waals surface area contributed by atoms with Gasteiger partial charge in [0.15, 0.2) is 0 Å². The molecule has 1 aromatic rings. The molecule has 0 aromatic heterocycles. The third-order valence-electron chi connectivity index (χ3n) is 2.93. The van der Waals surface area contributed by atoms with Gasteiger partial charge in [0.05, 0.1) is 11.6 Å². The van der Waals surface area contributed by atoms with Gasteiger partial charge in [-0.05, 0) is 30.7 Å². The van der Waals surface area contributed by atoms with Crippen LogP contribution in [-0.2, 0) is 0 Å². The van der Waals surface area contributed by atoms with E-state index in [9.17, 15) is 0 Å². The van der Waals surface area contributed by atoms with Crippen molar-refractivity contribution in [2.75, 3.05) is 24.5 Å². The monoisotopic (exact) mass is 213 g/mol. The highest BCUT2D eigenvalue weighted by molar-refractivity contribution is 5.51. The number of nitrogens with zero attached hydrogens (tertiary/aromatic N) is 2. The van der Waals surface area contributed by atoms with E-state index in [1.54, 1.807) is 0 Å². The summed E-state index contributed by atoms with van der Waals surface area (Å²) >= 11 is 0. The minimum Gasteiger partial charge on any atom is -0.367 e. The standard InChI is InChI=1S/C13H15N3/c14-9-11-1-3-13(4-2-11)16-7-5-12(10-15)6-8-16/h1-5H,6-8,10,15H2. The second-order valence-electron chi connectivity index (χ2n) is 3.92. The molecule has 0 atom stereocenters. The maximum absolute atomic E-state index is 8.72. The summed E-state index contributed by atoms with van der Waals surface area (Å²) in [5.74, 6) is 0. The predicted molar refractivity (Wildman–Crippen MR) is 65.1 cm³/mol. The van der Waals surface area contributed by atoms with Gasteiger partial charge in [0.2, 0.25) is 0 Å². The Hall–Kier alpha value is -1.79. The Balaban J connectivity index is 2.09. The second kappa shape index (κ2) is 4.82. The molecule has 1 aliphatic rings. The van der Waals surface area contributed by atoms with Crippen LogP contribution in [0, 0.1) is 11.3 Å². The number of hydrogen-bond donors (Lipinski definition) is 1. The molecule has 3 heteroatoms. The van der Waals surface area contributed by atoms with E-state index in [1.807, 2.05) is 24.3 Å². The van der Waals surface area contributed by atoms with Crippen molar-refractivity contribution in [3.05, 3.63) is 41.5 Å². The lowest BCUT2D eigenvalue weighted by molar-refractivity contribution is 0.773. The zero-order valence-electron chi connectivity index (χ0n) is 9.19. The molecule has 0 amide bonds. The number of nitrogens with two attached hydrogens (primary N) is 1. The first-order chi connectivity index (χ1) is 7.83. The van der Waals surface area contributed by atoms with Crippen LogP contribution < -0.4 is 10.6 Å². The highest BCUT2D eigenvalue weighted by Crippen LogP contribution is 2.19. The van der Waals surface area contributed by atoms with Crippen molar-refractivity contribution in [3.8, 4) is 6.07 Å². The molecule has 2 N–H and O–H groups in total. The lowest BCUT2D eigenvalue weighted by atomic mass is 10.1. The van der Waals surface area contributed by atoms with Crippen molar-refractivity contribution in [1.29, 1.82) is 5.26 Å². The highest BCUT2D eigenvalue weighted by Gasteiger charge is 2.10. The van der Waals surface area contributed by atoms with Crippen molar-refractivity contribution >= 4 is 5.69 Å². The molecule has 3 nitrogen and oxygen atoms in total. The van der Waals surface area contributed by atoms with Gasteiger partial charge in [-0.25, -0.2) is 0 Å². The van der Waals surface area contributed by atoms with Gasteiger partial charge in [0, 0.05) is 25.3 Å². The van der Waals surface area contributed by atoms with Crippen LogP contribution in [0.25, 0.3) is 0 Å². The zero-order chi connectivity index (χ0) is 11.4. The first kappa shape index (κ1) is 10.7. The number of rotatable bonds is 2. The maximum atomic E-state index is 8.72. The minimum absolute atomic E-state index is 0.668. The Kier molecular flexibility index (Phi) is 3.23. The molecule has 0 aliphatic carbocycles. The van der Waals surface area contributed by atoms with Gasteiger partial charge in [-0.2, -0.15) is 5.26 Å². The molecule has 1 aromatic carbocycles. The summed E-state index contributed by atoms with van der Waals surface area (Å²) in [6.07, 6.45) is 3.23. The van der Waals surface area contributed by atoms with Gasteiger partial charge in [-0.3, -0.25) is 0 Å². The summed E-state index contributed by atoms with van der Waals surface area (Å²) < 4.78 is 0. The van der Waals surface area contributed by atoms with E-state index in [0.29, 0.717) is 12.1 Å². The third-order valence-corrected chi connectivity index (χ3v) is 2.93. The molecule has 0 fully saturated rings. The average Bonchev–Trinajstić information content (AvgIpc) is 2.39. The normalized spacial score (nSPS) is 15.5. The molecular formula is C13H15N3. The minimum atomic E-state index is 0.668. The van der Waals surface area contributed by atoms with Crippen LogP contribution in [0.4, 0.5) is 5.69 Å². The molecule has 1 aliphatic heterocycles. The van der Waals surface area contributed by atoms with Crippen LogP contribution in [0.1, 0.15) is 12.0 Å². The van der Waals surface area contributed by atoms with Gasteiger partial charge in [0.25, 0.3) is 0 Å². The zero-order valence-corrected chi connectivity index (χ0v) is 9.19. The van der Waals surface area contributed by atoms with E-state index in [0.717, 1.165) is 19.5 Å². The van der Waals surface area contributed by atoms with Crippen LogP contribution in [0.3, 0.4) is 0 Å². The molecule has 1 heterocycles. The first-order valence-electron chi connectivity index (χ1n) is 5.46. The smallest absolute Gasteiger partial charge is 0.0991 e. The fourth-order valence-corrected chi connectivity index (χ4v) is 1.88. The van der Waals surface area contributed by atoms with Crippen LogP contribution in [0.15, 0.2) is 35.9 Å². The molecule has 0 radical (unpaired) electrons. The third kappa shape index (κ3) is 2.23. The maximum Gasteiger partial charge on any atom is 0.0991 e. The molecule has 16 heavy (non-hydrogen) atoms. The summed E-state index contributed by atoms with van der Waals surface area (Å²) in [6, 6.07) is 9.84. The van der Waals surface area contributed by atoms with Gasteiger partial charge in [-0.1, -0.05) is 11.6 Å². The summed E-state index contributed by atoms with van der Waals surface area (Å²) in [4.78, 5) is 2.29. The predicted octanol–water partition coefficient (Wildman–Crippen LogP) is 1.65. The fourth-order valence-electron chi connectivity index (χ4n) is 1.88. The molecule has 0 bridgehead atoms.